The molecule has 1 N–H and O–H groups in total. The second-order valence-corrected chi connectivity index (χ2v) is 5.70. The number of rotatable bonds is 4. The number of benzene rings is 1. The zero-order valence-corrected chi connectivity index (χ0v) is 14.8. The fraction of sp³-hybridized carbons (Fsp3) is 0.267. The Morgan fingerprint density at radius 2 is 1.52 bits per heavy atom. The van der Waals surface area contributed by atoms with Crippen molar-refractivity contribution in [2.75, 3.05) is 0 Å². The molecule has 0 spiro atoms. The Morgan fingerprint density at radius 1 is 1.00 bits per heavy atom. The second-order valence-electron chi connectivity index (χ2n) is 4.89. The van der Waals surface area contributed by atoms with E-state index in [4.69, 9.17) is 27.9 Å². The molecule has 1 atom stereocenters. The van der Waals surface area contributed by atoms with Crippen LogP contribution in [-0.2, 0) is 34.3 Å². The van der Waals surface area contributed by atoms with Gasteiger partial charge in [-0.1, -0.05) is 29.3 Å². The number of carbonyl (C=O) groups excluding carboxylic acids is 4. The van der Waals surface area contributed by atoms with Gasteiger partial charge in [-0.3, -0.25) is 19.2 Å². The van der Waals surface area contributed by atoms with E-state index in [9.17, 15) is 29.1 Å². The van der Waals surface area contributed by atoms with Gasteiger partial charge in [0.25, 0.3) is 5.91 Å². The minimum Gasteiger partial charge on any atom is -0.478 e. The summed E-state index contributed by atoms with van der Waals surface area (Å²) in [6.45, 7) is 2.64. The molecule has 0 saturated heterocycles. The highest BCUT2D eigenvalue weighted by molar-refractivity contribution is 6.42. The fourth-order valence-corrected chi connectivity index (χ4v) is 2.38. The maximum atomic E-state index is 12.8. The number of carbonyl (C=O) groups is 5. The molecule has 10 heteroatoms. The van der Waals surface area contributed by atoms with Crippen molar-refractivity contribution in [3.63, 3.8) is 0 Å². The Bertz CT molecular complexity index is 763. The number of nitrogens with zero attached hydrogens (tertiary/aromatic N) is 1. The van der Waals surface area contributed by atoms with Crippen LogP contribution in [0.2, 0.25) is 10.0 Å². The fourth-order valence-electron chi connectivity index (χ4n) is 2.08. The van der Waals surface area contributed by atoms with Crippen LogP contribution in [0.4, 0.5) is 0 Å². The van der Waals surface area contributed by atoms with Crippen LogP contribution in [0.1, 0.15) is 26.3 Å². The molecule has 0 fully saturated rings. The lowest BCUT2D eigenvalue weighted by atomic mass is 9.91. The van der Waals surface area contributed by atoms with Gasteiger partial charge >= 0.3 is 17.5 Å². The third kappa shape index (κ3) is 3.97. The van der Waals surface area contributed by atoms with Gasteiger partial charge in [-0.05, 0) is 12.1 Å². The molecular weight excluding hydrogens is 377 g/mol. The quantitative estimate of drug-likeness (QED) is 0.615. The first-order valence-electron chi connectivity index (χ1n) is 6.69. The van der Waals surface area contributed by atoms with Crippen LogP contribution in [0.25, 0.3) is 0 Å². The average molecular weight is 390 g/mol. The maximum Gasteiger partial charge on any atom is 0.363 e. The second kappa shape index (κ2) is 7.62. The first-order valence-corrected chi connectivity index (χ1v) is 7.45. The molecule has 0 radical (unpaired) electrons. The molecule has 1 rings (SSSR count). The number of carboxylic acids is 1. The molecule has 1 aromatic carbocycles. The van der Waals surface area contributed by atoms with E-state index < -0.39 is 35.3 Å². The number of aliphatic carboxylic acids is 1. The lowest BCUT2D eigenvalue weighted by Gasteiger charge is -2.31. The van der Waals surface area contributed by atoms with E-state index in [1.807, 2.05) is 0 Å². The van der Waals surface area contributed by atoms with Crippen molar-refractivity contribution < 1.29 is 33.8 Å². The van der Waals surface area contributed by atoms with Crippen LogP contribution in [0, 0.1) is 0 Å². The minimum absolute atomic E-state index is 0.0509. The SMILES string of the molecule is CC(=O)OC(C(=O)O)(C(=O)N(C(C)=O)C(C)=O)c1ccc(Cl)c(Cl)c1. The Kier molecular flexibility index (Phi) is 6.28. The standard InChI is InChI=1S/C15H13Cl2NO7/c1-7(19)18(8(2)20)13(22)15(14(23)24,25-9(3)21)10-4-5-11(16)12(17)6-10/h4-6H,1-3H3,(H,23,24). The first kappa shape index (κ1) is 20.6. The third-order valence-corrected chi connectivity index (χ3v) is 3.80. The van der Waals surface area contributed by atoms with Gasteiger partial charge in [0.15, 0.2) is 0 Å². The molecule has 0 saturated carbocycles. The van der Waals surface area contributed by atoms with Gasteiger partial charge in [-0.25, -0.2) is 9.69 Å². The summed E-state index contributed by atoms with van der Waals surface area (Å²) < 4.78 is 4.79. The van der Waals surface area contributed by atoms with Gasteiger partial charge in [0.2, 0.25) is 11.8 Å². The van der Waals surface area contributed by atoms with E-state index in [1.54, 1.807) is 0 Å². The molecule has 0 aliphatic heterocycles. The molecule has 25 heavy (non-hydrogen) atoms. The van der Waals surface area contributed by atoms with Crippen molar-refractivity contribution in [3.05, 3.63) is 33.8 Å². The Morgan fingerprint density at radius 3 is 1.88 bits per heavy atom. The average Bonchev–Trinajstić information content (AvgIpc) is 2.46. The molecule has 8 nitrogen and oxygen atoms in total. The van der Waals surface area contributed by atoms with E-state index >= 15 is 0 Å². The minimum atomic E-state index is -2.99. The van der Waals surface area contributed by atoms with E-state index in [2.05, 4.69) is 0 Å². The van der Waals surface area contributed by atoms with Crippen LogP contribution >= 0.6 is 23.2 Å². The van der Waals surface area contributed by atoms with Crippen LogP contribution in [0.15, 0.2) is 18.2 Å². The van der Waals surface area contributed by atoms with Crippen LogP contribution in [0.3, 0.4) is 0 Å². The van der Waals surface area contributed by atoms with Crippen molar-refractivity contribution in [2.24, 2.45) is 0 Å². The van der Waals surface area contributed by atoms with E-state index in [1.165, 1.54) is 6.07 Å². The van der Waals surface area contributed by atoms with Crippen molar-refractivity contribution in [2.45, 2.75) is 26.4 Å². The number of halogens is 2. The molecule has 0 aliphatic carbocycles. The van der Waals surface area contributed by atoms with Gasteiger partial charge in [0, 0.05) is 26.3 Å². The Labute approximate surface area is 152 Å². The van der Waals surface area contributed by atoms with Gasteiger partial charge in [-0.15, -0.1) is 0 Å². The summed E-state index contributed by atoms with van der Waals surface area (Å²) in [6, 6.07) is 3.26. The van der Waals surface area contributed by atoms with Crippen LogP contribution in [-0.4, -0.2) is 39.7 Å². The van der Waals surface area contributed by atoms with Crippen LogP contribution < -0.4 is 0 Å². The predicted molar refractivity (Wildman–Crippen MR) is 85.7 cm³/mol. The largest absolute Gasteiger partial charge is 0.478 e. The van der Waals surface area contributed by atoms with E-state index in [0.29, 0.717) is 0 Å². The van der Waals surface area contributed by atoms with Crippen molar-refractivity contribution in [3.8, 4) is 0 Å². The molecule has 0 heterocycles. The number of hydrogen-bond acceptors (Lipinski definition) is 6. The number of imide groups is 3. The third-order valence-electron chi connectivity index (χ3n) is 3.06. The van der Waals surface area contributed by atoms with Crippen molar-refractivity contribution >= 4 is 52.9 Å². The maximum absolute atomic E-state index is 12.8. The summed E-state index contributed by atoms with van der Waals surface area (Å²) in [4.78, 5) is 59.5. The zero-order valence-electron chi connectivity index (χ0n) is 13.3. The topological polar surface area (TPSA) is 118 Å². The highest BCUT2D eigenvalue weighted by atomic mass is 35.5. The predicted octanol–water partition coefficient (Wildman–Crippen LogP) is 1.76. The molecule has 1 aromatic rings. The van der Waals surface area contributed by atoms with E-state index in [-0.39, 0.29) is 20.5 Å². The molecule has 0 aromatic heterocycles. The Balaban J connectivity index is 3.77. The van der Waals surface area contributed by atoms with Gasteiger partial charge in [0.05, 0.1) is 10.0 Å². The number of carboxylic acid groups (broad SMARTS) is 1. The van der Waals surface area contributed by atoms with E-state index in [0.717, 1.165) is 32.9 Å². The van der Waals surface area contributed by atoms with Crippen molar-refractivity contribution in [1.82, 2.24) is 4.90 Å². The molecule has 0 bridgehead atoms. The zero-order chi connectivity index (χ0) is 19.5. The summed E-state index contributed by atoms with van der Waals surface area (Å²) in [5, 5.41) is 9.57. The number of esters is 1. The lowest BCUT2D eigenvalue weighted by molar-refractivity contribution is -0.189. The molecule has 3 amide bonds. The molecule has 1 unspecified atom stereocenters. The molecular formula is C15H13Cl2NO7. The highest BCUT2D eigenvalue weighted by Gasteiger charge is 2.55. The number of ether oxygens (including phenoxy) is 1. The van der Waals surface area contributed by atoms with Crippen LogP contribution in [0.5, 0.6) is 0 Å². The summed E-state index contributed by atoms with van der Waals surface area (Å²) in [6.07, 6.45) is 0. The summed E-state index contributed by atoms with van der Waals surface area (Å²) in [5.74, 6) is -6.70. The lowest BCUT2D eigenvalue weighted by Crippen LogP contribution is -2.56. The van der Waals surface area contributed by atoms with Crippen molar-refractivity contribution in [1.29, 1.82) is 0 Å². The highest BCUT2D eigenvalue weighted by Crippen LogP contribution is 2.34. The number of amides is 3. The summed E-state index contributed by atoms with van der Waals surface area (Å²) in [5.41, 5.74) is -3.38. The normalized spacial score (nSPS) is 12.7. The van der Waals surface area contributed by atoms with Gasteiger partial charge in [-0.2, -0.15) is 0 Å². The van der Waals surface area contributed by atoms with Gasteiger partial charge in [0.1, 0.15) is 0 Å². The van der Waals surface area contributed by atoms with Gasteiger partial charge < -0.3 is 9.84 Å². The molecule has 0 aliphatic rings. The summed E-state index contributed by atoms with van der Waals surface area (Å²) >= 11 is 11.6. The number of hydrogen-bond donors (Lipinski definition) is 1. The first-order chi connectivity index (χ1) is 11.4. The smallest absolute Gasteiger partial charge is 0.363 e. The Hall–Kier alpha value is -2.45. The monoisotopic (exact) mass is 389 g/mol. The molecule has 134 valence electrons. The summed E-state index contributed by atoms with van der Waals surface area (Å²) in [7, 11) is 0.